The molecule has 0 bridgehead atoms. The molecule has 20 heavy (non-hydrogen) atoms. The van der Waals surface area contributed by atoms with E-state index < -0.39 is 12.4 Å². The van der Waals surface area contributed by atoms with Crippen LogP contribution in [0.15, 0.2) is 24.3 Å². The van der Waals surface area contributed by atoms with Crippen LogP contribution < -0.4 is 16.0 Å². The molecule has 7 heteroatoms. The molecule has 0 heterocycles. The van der Waals surface area contributed by atoms with E-state index >= 15 is 0 Å². The summed E-state index contributed by atoms with van der Waals surface area (Å²) in [5, 5.41) is 0. The number of para-hydroxylation sites is 1. The minimum Gasteiger partial charge on any atom is -0.405 e. The average Bonchev–Trinajstić information content (AvgIpc) is 2.38. The van der Waals surface area contributed by atoms with Crippen molar-refractivity contribution in [1.82, 2.24) is 5.43 Å². The summed E-state index contributed by atoms with van der Waals surface area (Å²) in [5.74, 6) is 5.20. The van der Waals surface area contributed by atoms with Gasteiger partial charge in [0.15, 0.2) is 0 Å². The fourth-order valence-electron chi connectivity index (χ4n) is 2.02. The third kappa shape index (κ3) is 4.66. The van der Waals surface area contributed by atoms with E-state index in [0.29, 0.717) is 18.6 Å². The molecule has 1 aromatic carbocycles. The minimum atomic E-state index is -4.75. The Labute approximate surface area is 116 Å². The highest BCUT2D eigenvalue weighted by molar-refractivity contribution is 5.36. The van der Waals surface area contributed by atoms with Crippen LogP contribution in [-0.2, 0) is 4.74 Å². The molecule has 3 N–H and O–H groups in total. The molecule has 114 valence electrons. The van der Waals surface area contributed by atoms with Gasteiger partial charge in [-0.25, -0.2) is 0 Å². The van der Waals surface area contributed by atoms with Crippen molar-refractivity contribution in [3.8, 4) is 5.75 Å². The van der Waals surface area contributed by atoms with Crippen LogP contribution in [-0.4, -0.2) is 19.1 Å². The molecule has 2 atom stereocenters. The second-order valence-corrected chi connectivity index (χ2v) is 4.13. The monoisotopic (exact) mass is 292 g/mol. The van der Waals surface area contributed by atoms with Crippen molar-refractivity contribution in [3.63, 3.8) is 0 Å². The molecule has 0 spiro atoms. The Morgan fingerprint density at radius 3 is 2.40 bits per heavy atom. The number of hydrazine groups is 1. The van der Waals surface area contributed by atoms with Gasteiger partial charge in [0.25, 0.3) is 0 Å². The Hall–Kier alpha value is -1.31. The van der Waals surface area contributed by atoms with E-state index in [1.165, 1.54) is 18.2 Å². The number of nitrogens with two attached hydrogens (primary N) is 1. The Balaban J connectivity index is 3.08. The highest BCUT2D eigenvalue weighted by Crippen LogP contribution is 2.32. The number of hydrogen-bond donors (Lipinski definition) is 2. The van der Waals surface area contributed by atoms with Crippen LogP contribution in [0.25, 0.3) is 0 Å². The maximum absolute atomic E-state index is 12.4. The van der Waals surface area contributed by atoms with Crippen molar-refractivity contribution in [3.05, 3.63) is 29.8 Å². The highest BCUT2D eigenvalue weighted by atomic mass is 19.4. The zero-order chi connectivity index (χ0) is 15.2. The van der Waals surface area contributed by atoms with E-state index in [4.69, 9.17) is 10.6 Å². The fraction of sp³-hybridized carbons (Fsp3) is 0.538. The first-order valence-corrected chi connectivity index (χ1v) is 6.35. The van der Waals surface area contributed by atoms with E-state index in [0.717, 1.165) is 0 Å². The molecule has 1 rings (SSSR count). The van der Waals surface area contributed by atoms with Crippen LogP contribution in [0, 0.1) is 0 Å². The molecule has 0 aliphatic heterocycles. The molecule has 0 fully saturated rings. The van der Waals surface area contributed by atoms with Gasteiger partial charge < -0.3 is 9.47 Å². The van der Waals surface area contributed by atoms with Gasteiger partial charge in [0.1, 0.15) is 5.75 Å². The summed E-state index contributed by atoms with van der Waals surface area (Å²) in [4.78, 5) is 0. The van der Waals surface area contributed by atoms with Gasteiger partial charge in [0.2, 0.25) is 0 Å². The zero-order valence-corrected chi connectivity index (χ0v) is 11.4. The summed E-state index contributed by atoms with van der Waals surface area (Å²) >= 11 is 0. The topological polar surface area (TPSA) is 56.5 Å². The van der Waals surface area contributed by atoms with Crippen LogP contribution in [0.1, 0.15) is 31.9 Å². The predicted octanol–water partition coefficient (Wildman–Crippen LogP) is 2.90. The number of rotatable bonds is 7. The lowest BCUT2D eigenvalue weighted by molar-refractivity contribution is -0.275. The van der Waals surface area contributed by atoms with Crippen LogP contribution in [0.3, 0.4) is 0 Å². The van der Waals surface area contributed by atoms with Gasteiger partial charge in [-0.05, 0) is 19.4 Å². The van der Waals surface area contributed by atoms with Crippen molar-refractivity contribution >= 4 is 0 Å². The van der Waals surface area contributed by atoms with Crippen molar-refractivity contribution < 1.29 is 22.6 Å². The number of benzene rings is 1. The molecule has 2 unspecified atom stereocenters. The maximum atomic E-state index is 12.4. The molecule has 0 aromatic heterocycles. The standard InChI is InChI=1S/C13H19F3N2O2/c1-3-10(19-4-2)12(18-17)9-7-5-6-8-11(9)20-13(14,15)16/h5-8,10,12,18H,3-4,17H2,1-2H3. The second kappa shape index (κ2) is 7.47. The quantitative estimate of drug-likeness (QED) is 0.599. The first kappa shape index (κ1) is 16.7. The Bertz CT molecular complexity index is 413. The smallest absolute Gasteiger partial charge is 0.405 e. The first-order valence-electron chi connectivity index (χ1n) is 6.35. The van der Waals surface area contributed by atoms with E-state index in [1.807, 2.05) is 13.8 Å². The van der Waals surface area contributed by atoms with Gasteiger partial charge in [0.05, 0.1) is 12.1 Å². The van der Waals surface area contributed by atoms with Crippen molar-refractivity contribution in [1.29, 1.82) is 0 Å². The summed E-state index contributed by atoms with van der Waals surface area (Å²) in [6.45, 7) is 4.13. The van der Waals surface area contributed by atoms with E-state index in [9.17, 15) is 13.2 Å². The van der Waals surface area contributed by atoms with E-state index in [2.05, 4.69) is 10.2 Å². The SMILES string of the molecule is CCOC(CC)C(NN)c1ccccc1OC(F)(F)F. The lowest BCUT2D eigenvalue weighted by Gasteiger charge is -2.27. The third-order valence-electron chi connectivity index (χ3n) is 2.81. The summed E-state index contributed by atoms with van der Waals surface area (Å²) in [6, 6.07) is 5.30. The lowest BCUT2D eigenvalue weighted by atomic mass is 9.99. The van der Waals surface area contributed by atoms with Gasteiger partial charge in [0, 0.05) is 12.2 Å². The number of halogens is 3. The van der Waals surface area contributed by atoms with Gasteiger partial charge in [-0.2, -0.15) is 0 Å². The Morgan fingerprint density at radius 2 is 1.90 bits per heavy atom. The minimum absolute atomic E-state index is 0.277. The third-order valence-corrected chi connectivity index (χ3v) is 2.81. The highest BCUT2D eigenvalue weighted by Gasteiger charge is 2.34. The molecule has 0 aliphatic rings. The summed E-state index contributed by atoms with van der Waals surface area (Å²) in [6.07, 6.45) is -4.49. The molecule has 1 aromatic rings. The van der Waals surface area contributed by atoms with E-state index in [-0.39, 0.29) is 11.9 Å². The summed E-state index contributed by atoms with van der Waals surface area (Å²) in [7, 11) is 0. The van der Waals surface area contributed by atoms with Gasteiger partial charge in [-0.15, -0.1) is 13.2 Å². The largest absolute Gasteiger partial charge is 0.573 e. The van der Waals surface area contributed by atoms with E-state index in [1.54, 1.807) is 6.07 Å². The van der Waals surface area contributed by atoms with Crippen LogP contribution >= 0.6 is 0 Å². The average molecular weight is 292 g/mol. The molecule has 0 saturated heterocycles. The molecular formula is C13H19F3N2O2. The number of ether oxygens (including phenoxy) is 2. The Morgan fingerprint density at radius 1 is 1.25 bits per heavy atom. The molecule has 0 saturated carbocycles. The molecule has 4 nitrogen and oxygen atoms in total. The second-order valence-electron chi connectivity index (χ2n) is 4.13. The van der Waals surface area contributed by atoms with Gasteiger partial charge in [-0.3, -0.25) is 11.3 Å². The van der Waals surface area contributed by atoms with Crippen molar-refractivity contribution in [2.24, 2.45) is 5.84 Å². The summed E-state index contributed by atoms with van der Waals surface area (Å²) in [5.41, 5.74) is 2.82. The normalized spacial score (nSPS) is 14.9. The van der Waals surface area contributed by atoms with Gasteiger partial charge >= 0.3 is 6.36 Å². The van der Waals surface area contributed by atoms with Crippen molar-refractivity contribution in [2.75, 3.05) is 6.61 Å². The summed E-state index contributed by atoms with van der Waals surface area (Å²) < 4.78 is 46.8. The van der Waals surface area contributed by atoms with Crippen LogP contribution in [0.5, 0.6) is 5.75 Å². The van der Waals surface area contributed by atoms with Crippen LogP contribution in [0.2, 0.25) is 0 Å². The number of hydrogen-bond acceptors (Lipinski definition) is 4. The predicted molar refractivity (Wildman–Crippen MR) is 68.9 cm³/mol. The fourth-order valence-corrected chi connectivity index (χ4v) is 2.02. The number of nitrogens with one attached hydrogen (secondary N) is 1. The zero-order valence-electron chi connectivity index (χ0n) is 11.4. The lowest BCUT2D eigenvalue weighted by Crippen LogP contribution is -2.38. The molecule has 0 amide bonds. The van der Waals surface area contributed by atoms with Crippen molar-refractivity contribution in [2.45, 2.75) is 38.8 Å². The first-order chi connectivity index (χ1) is 9.42. The van der Waals surface area contributed by atoms with Gasteiger partial charge in [-0.1, -0.05) is 25.1 Å². The molecular weight excluding hydrogens is 273 g/mol. The number of alkyl halides is 3. The Kier molecular flexibility index (Phi) is 6.25. The molecule has 0 radical (unpaired) electrons. The molecule has 0 aliphatic carbocycles. The maximum Gasteiger partial charge on any atom is 0.573 e. The van der Waals surface area contributed by atoms with Crippen LogP contribution in [0.4, 0.5) is 13.2 Å².